The van der Waals surface area contributed by atoms with Gasteiger partial charge in [0.15, 0.2) is 6.10 Å². The monoisotopic (exact) mass is 313 g/mol. The van der Waals surface area contributed by atoms with Gasteiger partial charge >= 0.3 is 0 Å². The lowest BCUT2D eigenvalue weighted by Crippen LogP contribution is -2.07. The number of nitrogens with zero attached hydrogens (tertiary/aromatic N) is 1. The van der Waals surface area contributed by atoms with Crippen LogP contribution in [-0.4, -0.2) is 21.0 Å². The minimum atomic E-state index is -0.221. The fourth-order valence-corrected chi connectivity index (χ4v) is 2.84. The van der Waals surface area contributed by atoms with E-state index in [0.29, 0.717) is 23.1 Å². The third-order valence-corrected chi connectivity index (χ3v) is 4.11. The molecule has 1 aliphatic heterocycles. The minimum absolute atomic E-state index is 0.126. The van der Waals surface area contributed by atoms with Crippen LogP contribution >= 0.6 is 0 Å². The third kappa shape index (κ3) is 3.12. The van der Waals surface area contributed by atoms with Gasteiger partial charge in [0.1, 0.15) is 0 Å². The van der Waals surface area contributed by atoms with Gasteiger partial charge in [-0.2, -0.15) is 0 Å². The zero-order valence-corrected chi connectivity index (χ0v) is 12.6. The normalized spacial score (nSPS) is 17.0. The van der Waals surface area contributed by atoms with E-state index < -0.39 is 0 Å². The maximum atomic E-state index is 9.50. The second-order valence-electron chi connectivity index (χ2n) is 5.49. The molecule has 0 aromatic heterocycles. The molecule has 0 spiro atoms. The fraction of sp³-hybridized carbons (Fsp3) is 0.278. The Kier molecular flexibility index (Phi) is 4.71. The highest BCUT2D eigenvalue weighted by Gasteiger charge is 2.24. The van der Waals surface area contributed by atoms with E-state index in [2.05, 4.69) is 5.16 Å². The molecule has 0 aliphatic carbocycles. The topological polar surface area (TPSA) is 82.3 Å². The summed E-state index contributed by atoms with van der Waals surface area (Å²) in [5, 5.41) is 32.6. The van der Waals surface area contributed by atoms with E-state index >= 15 is 0 Å². The lowest BCUT2D eigenvalue weighted by atomic mass is 9.94. The molecule has 1 unspecified atom stereocenters. The van der Waals surface area contributed by atoms with Crippen molar-refractivity contribution >= 4 is 5.71 Å². The maximum Gasteiger partial charge on any atom is 0.158 e. The van der Waals surface area contributed by atoms with Crippen LogP contribution in [0.4, 0.5) is 0 Å². The Hall–Kier alpha value is -2.21. The Balaban J connectivity index is 1.88. The number of aliphatic hydroxyl groups excluding tert-OH is 3. The van der Waals surface area contributed by atoms with Gasteiger partial charge in [0.2, 0.25) is 0 Å². The van der Waals surface area contributed by atoms with Crippen LogP contribution in [0.15, 0.2) is 47.6 Å². The molecule has 2 aromatic carbocycles. The van der Waals surface area contributed by atoms with Crippen LogP contribution in [0.2, 0.25) is 0 Å². The van der Waals surface area contributed by atoms with Crippen LogP contribution < -0.4 is 0 Å². The van der Waals surface area contributed by atoms with Gasteiger partial charge in [-0.1, -0.05) is 35.5 Å². The zero-order valence-electron chi connectivity index (χ0n) is 12.6. The summed E-state index contributed by atoms with van der Waals surface area (Å²) in [6.07, 6.45) is 0.497. The molecule has 2 aromatic rings. The molecule has 0 fully saturated rings. The molecule has 0 radical (unpaired) electrons. The lowest BCUT2D eigenvalue weighted by Gasteiger charge is -2.13. The molecule has 0 bridgehead atoms. The van der Waals surface area contributed by atoms with Crippen molar-refractivity contribution in [3.05, 3.63) is 70.3 Å². The van der Waals surface area contributed by atoms with Crippen molar-refractivity contribution in [3.8, 4) is 0 Å². The molecule has 5 nitrogen and oxygen atoms in total. The van der Waals surface area contributed by atoms with Gasteiger partial charge in [0.25, 0.3) is 0 Å². The summed E-state index contributed by atoms with van der Waals surface area (Å²) in [4.78, 5) is 5.52. The highest BCUT2D eigenvalue weighted by atomic mass is 16.6. The summed E-state index contributed by atoms with van der Waals surface area (Å²) in [7, 11) is 0. The fourth-order valence-electron chi connectivity index (χ4n) is 2.84. The molecule has 5 heteroatoms. The number of oxime groups is 1. The Morgan fingerprint density at radius 1 is 0.957 bits per heavy atom. The second-order valence-corrected chi connectivity index (χ2v) is 5.49. The number of hydrogen-bond acceptors (Lipinski definition) is 5. The Morgan fingerprint density at radius 2 is 1.61 bits per heavy atom. The van der Waals surface area contributed by atoms with Crippen LogP contribution in [0.25, 0.3) is 0 Å². The number of rotatable bonds is 5. The minimum Gasteiger partial charge on any atom is -0.392 e. The van der Waals surface area contributed by atoms with Crippen LogP contribution in [0.5, 0.6) is 0 Å². The van der Waals surface area contributed by atoms with Crippen molar-refractivity contribution < 1.29 is 20.2 Å². The largest absolute Gasteiger partial charge is 0.392 e. The molecule has 1 heterocycles. The highest BCUT2D eigenvalue weighted by Crippen LogP contribution is 2.30. The molecule has 0 amide bonds. The Bertz CT molecular complexity index is 687. The molecule has 3 N–H and O–H groups in total. The average molecular weight is 313 g/mol. The van der Waals surface area contributed by atoms with Gasteiger partial charge in [0.05, 0.1) is 25.5 Å². The highest BCUT2D eigenvalue weighted by molar-refractivity contribution is 6.01. The first kappa shape index (κ1) is 15.7. The molecule has 120 valence electrons. The predicted octanol–water partition coefficient (Wildman–Crippen LogP) is 2.03. The number of hydrogen-bond donors (Lipinski definition) is 3. The lowest BCUT2D eigenvalue weighted by molar-refractivity contribution is 0.0857. The summed E-state index contributed by atoms with van der Waals surface area (Å²) in [5.41, 5.74) is 4.39. The van der Waals surface area contributed by atoms with Gasteiger partial charge in [-0.15, -0.1) is 0 Å². The summed E-state index contributed by atoms with van der Waals surface area (Å²) in [6, 6.07) is 13.4. The SMILES string of the molecule is OCc1cc(C2=NOC(c3ccccc3)C2)cc(CO)c1CO. The van der Waals surface area contributed by atoms with Crippen molar-refractivity contribution in [2.45, 2.75) is 32.3 Å². The van der Waals surface area contributed by atoms with Gasteiger partial charge in [0, 0.05) is 12.0 Å². The smallest absolute Gasteiger partial charge is 0.158 e. The van der Waals surface area contributed by atoms with Crippen molar-refractivity contribution in [1.82, 2.24) is 0 Å². The molecular formula is C18H19NO4. The molecule has 23 heavy (non-hydrogen) atoms. The third-order valence-electron chi connectivity index (χ3n) is 4.11. The molecule has 3 rings (SSSR count). The maximum absolute atomic E-state index is 9.50. The molecule has 1 aliphatic rings. The first-order valence-corrected chi connectivity index (χ1v) is 7.52. The van der Waals surface area contributed by atoms with E-state index in [1.54, 1.807) is 12.1 Å². The van der Waals surface area contributed by atoms with Crippen molar-refractivity contribution in [3.63, 3.8) is 0 Å². The van der Waals surface area contributed by atoms with Crippen molar-refractivity contribution in [2.24, 2.45) is 5.16 Å². The summed E-state index contributed by atoms with van der Waals surface area (Å²) >= 11 is 0. The first-order chi connectivity index (χ1) is 11.3. The number of benzene rings is 2. The van der Waals surface area contributed by atoms with Crippen LogP contribution in [-0.2, 0) is 24.7 Å². The van der Waals surface area contributed by atoms with E-state index in [4.69, 9.17) is 4.84 Å². The zero-order chi connectivity index (χ0) is 16.2. The van der Waals surface area contributed by atoms with E-state index in [-0.39, 0.29) is 25.9 Å². The number of aliphatic hydroxyl groups is 3. The molecule has 0 saturated carbocycles. The molecule has 0 saturated heterocycles. The summed E-state index contributed by atoms with van der Waals surface area (Å²) in [6.45, 7) is -0.623. The summed E-state index contributed by atoms with van der Waals surface area (Å²) < 4.78 is 0. The Labute approximate surface area is 134 Å². The van der Waals surface area contributed by atoms with E-state index in [0.717, 1.165) is 16.8 Å². The molecular weight excluding hydrogens is 294 g/mol. The van der Waals surface area contributed by atoms with Crippen LogP contribution in [0.1, 0.15) is 40.3 Å². The van der Waals surface area contributed by atoms with Gasteiger partial charge < -0.3 is 20.2 Å². The molecule has 1 atom stereocenters. The van der Waals surface area contributed by atoms with Crippen LogP contribution in [0.3, 0.4) is 0 Å². The van der Waals surface area contributed by atoms with Crippen molar-refractivity contribution in [1.29, 1.82) is 0 Å². The average Bonchev–Trinajstić information content (AvgIpc) is 3.11. The van der Waals surface area contributed by atoms with Crippen molar-refractivity contribution in [2.75, 3.05) is 0 Å². The predicted molar refractivity (Wildman–Crippen MR) is 85.6 cm³/mol. The Morgan fingerprint density at radius 3 is 2.17 bits per heavy atom. The van der Waals surface area contributed by atoms with Gasteiger partial charge in [-0.25, -0.2) is 0 Å². The standard InChI is InChI=1S/C18H19NO4/c20-9-14-6-13(7-15(10-21)16(14)11-22)17-8-18(23-19-17)12-4-2-1-3-5-12/h1-7,18,20-22H,8-11H2. The summed E-state index contributed by atoms with van der Waals surface area (Å²) in [5.74, 6) is 0. The van der Waals surface area contributed by atoms with Crippen LogP contribution in [0, 0.1) is 0 Å². The van der Waals surface area contributed by atoms with Gasteiger partial charge in [-0.05, 0) is 34.4 Å². The first-order valence-electron chi connectivity index (χ1n) is 7.52. The second kappa shape index (κ2) is 6.91. The van der Waals surface area contributed by atoms with E-state index in [1.807, 2.05) is 30.3 Å². The quantitative estimate of drug-likeness (QED) is 0.789. The van der Waals surface area contributed by atoms with E-state index in [1.165, 1.54) is 0 Å². The van der Waals surface area contributed by atoms with E-state index in [9.17, 15) is 15.3 Å². The van der Waals surface area contributed by atoms with Gasteiger partial charge in [-0.3, -0.25) is 0 Å².